The normalized spacial score (nSPS) is 12.7. The van der Waals surface area contributed by atoms with Gasteiger partial charge in [0.2, 0.25) is 0 Å². The van der Waals surface area contributed by atoms with E-state index in [9.17, 15) is 8.78 Å². The molecule has 0 spiro atoms. The van der Waals surface area contributed by atoms with Crippen molar-refractivity contribution in [1.29, 1.82) is 0 Å². The molecule has 0 aliphatic rings. The Morgan fingerprint density at radius 1 is 1.27 bits per heavy atom. The summed E-state index contributed by atoms with van der Waals surface area (Å²) in [5.41, 5.74) is 0.380. The number of imidazole rings is 1. The summed E-state index contributed by atoms with van der Waals surface area (Å²) in [6.45, 7) is 7.48. The first-order valence-corrected chi connectivity index (χ1v) is 8.32. The minimum atomic E-state index is -0.590. The number of benzene rings is 1. The van der Waals surface area contributed by atoms with Gasteiger partial charge < -0.3 is 15.2 Å². The molecule has 2 rings (SSSR count). The van der Waals surface area contributed by atoms with Crippen LogP contribution in [0.25, 0.3) is 0 Å². The molecule has 1 atom stereocenters. The van der Waals surface area contributed by atoms with Crippen LogP contribution in [0.5, 0.6) is 0 Å². The predicted octanol–water partition coefficient (Wildman–Crippen LogP) is 3.86. The molecule has 144 valence electrons. The average Bonchev–Trinajstić information content (AvgIpc) is 2.97. The third-order valence-corrected chi connectivity index (χ3v) is 3.78. The molecule has 0 aliphatic heterocycles. The van der Waals surface area contributed by atoms with Crippen molar-refractivity contribution in [3.05, 3.63) is 53.6 Å². The predicted molar refractivity (Wildman–Crippen MR) is 111 cm³/mol. The Morgan fingerprint density at radius 2 is 2.00 bits per heavy atom. The largest absolute Gasteiger partial charge is 0.350 e. The van der Waals surface area contributed by atoms with Gasteiger partial charge in [-0.2, -0.15) is 0 Å². The monoisotopic (exact) mass is 477 g/mol. The van der Waals surface area contributed by atoms with E-state index in [0.717, 1.165) is 18.4 Å². The van der Waals surface area contributed by atoms with Crippen molar-refractivity contribution in [2.24, 2.45) is 10.9 Å². The van der Waals surface area contributed by atoms with Crippen molar-refractivity contribution in [2.45, 2.75) is 39.9 Å². The zero-order valence-electron chi connectivity index (χ0n) is 15.5. The molecule has 1 heterocycles. The van der Waals surface area contributed by atoms with E-state index >= 15 is 0 Å². The standard InChI is InChI=1S/C18H25F2N5.HI/c1-12(2)11-25-8-7-22-17(25)10-23-18(21-4)24-13(3)15-6-5-14(19)9-16(15)20;/h5-9,12-13H,10-11H2,1-4H3,(H2,21,23,24);1H. The van der Waals surface area contributed by atoms with Crippen LogP contribution in [0.1, 0.15) is 38.2 Å². The summed E-state index contributed by atoms with van der Waals surface area (Å²) < 4.78 is 29.0. The molecular formula is C18H26F2IN5. The summed E-state index contributed by atoms with van der Waals surface area (Å²) in [4.78, 5) is 8.50. The lowest BCUT2D eigenvalue weighted by atomic mass is 10.1. The molecule has 0 fully saturated rings. The number of rotatable bonds is 6. The van der Waals surface area contributed by atoms with Gasteiger partial charge in [-0.15, -0.1) is 24.0 Å². The molecule has 0 bridgehead atoms. The summed E-state index contributed by atoms with van der Waals surface area (Å²) in [6, 6.07) is 3.20. The highest BCUT2D eigenvalue weighted by Gasteiger charge is 2.13. The number of hydrogen-bond donors (Lipinski definition) is 2. The number of hydrogen-bond acceptors (Lipinski definition) is 2. The Balaban J connectivity index is 0.00000338. The molecule has 1 unspecified atom stereocenters. The van der Waals surface area contributed by atoms with Crippen molar-refractivity contribution < 1.29 is 8.78 Å². The molecule has 0 aliphatic carbocycles. The van der Waals surface area contributed by atoms with E-state index < -0.39 is 11.6 Å². The Morgan fingerprint density at radius 3 is 2.62 bits per heavy atom. The van der Waals surface area contributed by atoms with Gasteiger partial charge in [0.05, 0.1) is 12.6 Å². The van der Waals surface area contributed by atoms with Gasteiger partial charge in [-0.3, -0.25) is 4.99 Å². The van der Waals surface area contributed by atoms with Crippen LogP contribution in [0.3, 0.4) is 0 Å². The van der Waals surface area contributed by atoms with Crippen LogP contribution in [0.15, 0.2) is 35.6 Å². The van der Waals surface area contributed by atoms with Gasteiger partial charge in [-0.25, -0.2) is 13.8 Å². The topological polar surface area (TPSA) is 54.2 Å². The van der Waals surface area contributed by atoms with Crippen molar-refractivity contribution in [1.82, 2.24) is 20.2 Å². The number of nitrogens with zero attached hydrogens (tertiary/aromatic N) is 3. The van der Waals surface area contributed by atoms with Crippen molar-refractivity contribution >= 4 is 29.9 Å². The smallest absolute Gasteiger partial charge is 0.191 e. The molecule has 2 aromatic rings. The van der Waals surface area contributed by atoms with Gasteiger partial charge in [-0.05, 0) is 18.9 Å². The molecule has 8 heteroatoms. The summed E-state index contributed by atoms with van der Waals surface area (Å²) in [5, 5.41) is 6.28. The molecule has 0 radical (unpaired) electrons. The second kappa shape index (κ2) is 10.4. The molecule has 1 aromatic heterocycles. The highest BCUT2D eigenvalue weighted by Crippen LogP contribution is 2.17. The maximum absolute atomic E-state index is 13.9. The SMILES string of the molecule is CN=C(NCc1nccn1CC(C)C)NC(C)c1ccc(F)cc1F.I. The lowest BCUT2D eigenvalue weighted by molar-refractivity contribution is 0.503. The number of guanidine groups is 1. The van der Waals surface area contributed by atoms with E-state index in [1.807, 2.05) is 6.20 Å². The minimum absolute atomic E-state index is 0. The van der Waals surface area contributed by atoms with E-state index in [-0.39, 0.29) is 30.0 Å². The van der Waals surface area contributed by atoms with Gasteiger partial charge in [0.15, 0.2) is 5.96 Å². The molecule has 5 nitrogen and oxygen atoms in total. The van der Waals surface area contributed by atoms with E-state index in [4.69, 9.17) is 0 Å². The van der Waals surface area contributed by atoms with Crippen LogP contribution in [-0.4, -0.2) is 22.6 Å². The first kappa shape index (κ1) is 22.3. The fourth-order valence-corrected chi connectivity index (χ4v) is 2.56. The quantitative estimate of drug-likeness (QED) is 0.378. The van der Waals surface area contributed by atoms with E-state index in [0.29, 0.717) is 24.0 Å². The van der Waals surface area contributed by atoms with Crippen molar-refractivity contribution in [2.75, 3.05) is 7.05 Å². The van der Waals surface area contributed by atoms with E-state index in [1.54, 1.807) is 20.2 Å². The number of aliphatic imine (C=N–C) groups is 1. The fourth-order valence-electron chi connectivity index (χ4n) is 2.56. The molecule has 2 N–H and O–H groups in total. The van der Waals surface area contributed by atoms with Crippen LogP contribution in [0.2, 0.25) is 0 Å². The lowest BCUT2D eigenvalue weighted by Crippen LogP contribution is -2.39. The Kier molecular flexibility index (Phi) is 8.97. The summed E-state index contributed by atoms with van der Waals surface area (Å²) >= 11 is 0. The summed E-state index contributed by atoms with van der Waals surface area (Å²) in [6.07, 6.45) is 3.72. The van der Waals surface area contributed by atoms with Gasteiger partial charge in [-0.1, -0.05) is 19.9 Å². The first-order chi connectivity index (χ1) is 11.9. The highest BCUT2D eigenvalue weighted by molar-refractivity contribution is 14.0. The third-order valence-electron chi connectivity index (χ3n) is 3.78. The van der Waals surface area contributed by atoms with Crippen molar-refractivity contribution in [3.63, 3.8) is 0 Å². The summed E-state index contributed by atoms with van der Waals surface area (Å²) in [5.74, 6) is 0.773. The molecule has 0 saturated heterocycles. The zero-order valence-corrected chi connectivity index (χ0v) is 17.8. The van der Waals surface area contributed by atoms with E-state index in [2.05, 4.69) is 39.0 Å². The van der Waals surface area contributed by atoms with Gasteiger partial charge in [0.1, 0.15) is 17.5 Å². The third kappa shape index (κ3) is 6.22. The number of halogens is 3. The van der Waals surface area contributed by atoms with Crippen LogP contribution in [0, 0.1) is 17.6 Å². The Hall–Kier alpha value is -1.71. The van der Waals surface area contributed by atoms with Gasteiger partial charge in [0.25, 0.3) is 0 Å². The minimum Gasteiger partial charge on any atom is -0.350 e. The molecular weight excluding hydrogens is 451 g/mol. The van der Waals surface area contributed by atoms with Gasteiger partial charge in [0, 0.05) is 37.6 Å². The maximum atomic E-state index is 13.9. The lowest BCUT2D eigenvalue weighted by Gasteiger charge is -2.19. The first-order valence-electron chi connectivity index (χ1n) is 8.32. The zero-order chi connectivity index (χ0) is 18.4. The Bertz CT molecular complexity index is 730. The van der Waals surface area contributed by atoms with Crippen LogP contribution < -0.4 is 10.6 Å². The second-order valence-corrected chi connectivity index (χ2v) is 6.35. The van der Waals surface area contributed by atoms with E-state index in [1.165, 1.54) is 12.1 Å². The number of nitrogens with one attached hydrogen (secondary N) is 2. The number of aromatic nitrogens is 2. The highest BCUT2D eigenvalue weighted by atomic mass is 127. The van der Waals surface area contributed by atoms with Crippen molar-refractivity contribution in [3.8, 4) is 0 Å². The average molecular weight is 477 g/mol. The second-order valence-electron chi connectivity index (χ2n) is 6.35. The molecule has 0 amide bonds. The molecule has 26 heavy (non-hydrogen) atoms. The van der Waals surface area contributed by atoms with Crippen LogP contribution >= 0.6 is 24.0 Å². The molecule has 1 aromatic carbocycles. The molecule has 0 saturated carbocycles. The maximum Gasteiger partial charge on any atom is 0.191 e. The summed E-state index contributed by atoms with van der Waals surface area (Å²) in [7, 11) is 1.64. The fraction of sp³-hybridized carbons (Fsp3) is 0.444. The van der Waals surface area contributed by atoms with Crippen LogP contribution in [-0.2, 0) is 13.1 Å². The Labute approximate surface area is 170 Å². The van der Waals surface area contributed by atoms with Gasteiger partial charge >= 0.3 is 0 Å². The van der Waals surface area contributed by atoms with Crippen LogP contribution in [0.4, 0.5) is 8.78 Å².